The molecule has 0 unspecified atom stereocenters. The number of nitrogens with one attached hydrogen (secondary N) is 4. The Morgan fingerprint density at radius 1 is 0.830 bits per heavy atom. The number of anilines is 1. The Morgan fingerprint density at radius 2 is 1.47 bits per heavy atom. The zero-order chi connectivity index (χ0) is 38.0. The normalized spacial score (nSPS) is 18.4. The Balaban J connectivity index is 1.10. The molecule has 0 aromatic carbocycles. The molecular formula is C34H44N10O7S2. The van der Waals surface area contributed by atoms with Crippen molar-refractivity contribution in [2.24, 2.45) is 11.8 Å². The smallest absolute Gasteiger partial charge is 0.407 e. The molecule has 6 heterocycles. The molecule has 0 aliphatic carbocycles. The molecule has 4 aromatic rings. The molecule has 0 bridgehead atoms. The van der Waals surface area contributed by atoms with E-state index in [1.54, 1.807) is 23.5 Å². The van der Waals surface area contributed by atoms with E-state index >= 15 is 0 Å². The van der Waals surface area contributed by atoms with E-state index in [-0.39, 0.29) is 35.6 Å². The Labute approximate surface area is 313 Å². The molecule has 4 atom stereocenters. The minimum absolute atomic E-state index is 0.127. The van der Waals surface area contributed by atoms with Gasteiger partial charge in [0.15, 0.2) is 10.8 Å². The number of methoxy groups -OCH3 is 2. The van der Waals surface area contributed by atoms with E-state index < -0.39 is 30.3 Å². The first-order chi connectivity index (χ1) is 25.4. The lowest BCUT2D eigenvalue weighted by molar-refractivity contribution is -0.139. The Morgan fingerprint density at radius 3 is 2.11 bits per heavy atom. The lowest BCUT2D eigenvalue weighted by Crippen LogP contribution is -2.54. The van der Waals surface area contributed by atoms with E-state index in [2.05, 4.69) is 40.6 Å². The van der Waals surface area contributed by atoms with Gasteiger partial charge in [-0.1, -0.05) is 39.0 Å². The van der Waals surface area contributed by atoms with Crippen LogP contribution in [0.5, 0.6) is 0 Å². The van der Waals surface area contributed by atoms with Gasteiger partial charge in [-0.05, 0) is 37.5 Å². The first-order valence-corrected chi connectivity index (χ1v) is 19.1. The molecule has 4 aromatic heterocycles. The monoisotopic (exact) mass is 768 g/mol. The van der Waals surface area contributed by atoms with Crippen LogP contribution in [-0.2, 0) is 23.9 Å². The van der Waals surface area contributed by atoms with Gasteiger partial charge in [0.25, 0.3) is 0 Å². The number of thiazole rings is 2. The second-order valence-electron chi connectivity index (χ2n) is 13.7. The number of hydrogen-bond acceptors (Lipinski definition) is 12. The topological polar surface area (TPSA) is 205 Å². The van der Waals surface area contributed by atoms with Crippen LogP contribution in [0.25, 0.3) is 25.4 Å². The van der Waals surface area contributed by atoms with E-state index in [1.165, 1.54) is 41.8 Å². The molecular weight excluding hydrogens is 725 g/mol. The highest BCUT2D eigenvalue weighted by Gasteiger charge is 2.40. The van der Waals surface area contributed by atoms with Gasteiger partial charge in [-0.2, -0.15) is 0 Å². The Kier molecular flexibility index (Phi) is 11.3. The van der Waals surface area contributed by atoms with Crippen LogP contribution in [0, 0.1) is 11.8 Å². The second kappa shape index (κ2) is 15.9. The number of nitrogens with zero attached hydrogens (tertiary/aromatic N) is 6. The van der Waals surface area contributed by atoms with Crippen LogP contribution in [0.4, 0.5) is 15.4 Å². The van der Waals surface area contributed by atoms with Gasteiger partial charge in [0.2, 0.25) is 17.7 Å². The zero-order valence-electron chi connectivity index (χ0n) is 30.4. The average molecular weight is 769 g/mol. The molecule has 4 N–H and O–H groups in total. The van der Waals surface area contributed by atoms with E-state index in [1.807, 2.05) is 38.3 Å². The highest BCUT2D eigenvalue weighted by atomic mass is 32.1. The van der Waals surface area contributed by atoms with Crippen molar-refractivity contribution >= 4 is 63.4 Å². The number of rotatable bonds is 11. The predicted molar refractivity (Wildman–Crippen MR) is 197 cm³/mol. The van der Waals surface area contributed by atoms with Crippen LogP contribution in [-0.4, -0.2) is 109 Å². The molecule has 19 heteroatoms. The number of aromatic amines is 1. The number of alkyl carbamates (subject to hydrolysis) is 2. The van der Waals surface area contributed by atoms with Gasteiger partial charge in [0.05, 0.1) is 48.1 Å². The van der Waals surface area contributed by atoms with Crippen molar-refractivity contribution in [1.29, 1.82) is 0 Å². The average Bonchev–Trinajstić information content (AvgIpc) is 3.97. The summed E-state index contributed by atoms with van der Waals surface area (Å²) in [6.07, 6.45) is 8.53. The summed E-state index contributed by atoms with van der Waals surface area (Å²) in [5, 5.41) is 8.91. The number of carbonyl (C=O) groups is 5. The third-order valence-electron chi connectivity index (χ3n) is 9.46. The molecule has 53 heavy (non-hydrogen) atoms. The molecule has 17 nitrogen and oxygen atoms in total. The van der Waals surface area contributed by atoms with Gasteiger partial charge in [-0.3, -0.25) is 18.8 Å². The molecule has 0 saturated carbocycles. The van der Waals surface area contributed by atoms with Crippen molar-refractivity contribution in [3.8, 4) is 20.5 Å². The predicted octanol–water partition coefficient (Wildman–Crippen LogP) is 4.26. The van der Waals surface area contributed by atoms with Gasteiger partial charge < -0.3 is 40.2 Å². The summed E-state index contributed by atoms with van der Waals surface area (Å²) in [7, 11) is 2.51. The highest BCUT2D eigenvalue weighted by molar-refractivity contribution is 7.25. The summed E-state index contributed by atoms with van der Waals surface area (Å²) >= 11 is 2.91. The summed E-state index contributed by atoms with van der Waals surface area (Å²) in [5.74, 6) is -0.122. The summed E-state index contributed by atoms with van der Waals surface area (Å²) < 4.78 is 11.2. The van der Waals surface area contributed by atoms with Gasteiger partial charge >= 0.3 is 12.2 Å². The molecule has 2 aliphatic rings. The summed E-state index contributed by atoms with van der Waals surface area (Å²) in [6, 6.07) is -2.46. The first-order valence-electron chi connectivity index (χ1n) is 17.5. The maximum absolute atomic E-state index is 13.5. The summed E-state index contributed by atoms with van der Waals surface area (Å²) in [6.45, 7) is 8.38. The lowest BCUT2D eigenvalue weighted by atomic mass is 10.0. The minimum atomic E-state index is -0.817. The van der Waals surface area contributed by atoms with E-state index in [0.29, 0.717) is 42.5 Å². The molecule has 2 aliphatic heterocycles. The van der Waals surface area contributed by atoms with Crippen molar-refractivity contribution in [2.45, 2.75) is 77.5 Å². The molecule has 2 fully saturated rings. The van der Waals surface area contributed by atoms with Crippen molar-refractivity contribution in [2.75, 3.05) is 32.6 Å². The van der Waals surface area contributed by atoms with Crippen molar-refractivity contribution in [3.05, 3.63) is 30.6 Å². The summed E-state index contributed by atoms with van der Waals surface area (Å²) in [5.41, 5.74) is 0.780. The van der Waals surface area contributed by atoms with Crippen LogP contribution < -0.4 is 16.0 Å². The maximum Gasteiger partial charge on any atom is 0.407 e. The number of carbonyl (C=O) groups excluding carboxylic acids is 5. The largest absolute Gasteiger partial charge is 0.453 e. The Bertz CT molecular complexity index is 1950. The fourth-order valence-corrected chi connectivity index (χ4v) is 8.58. The molecule has 2 saturated heterocycles. The van der Waals surface area contributed by atoms with Gasteiger partial charge in [0, 0.05) is 25.5 Å². The van der Waals surface area contributed by atoms with Gasteiger partial charge in [-0.25, -0.2) is 24.5 Å². The van der Waals surface area contributed by atoms with Crippen LogP contribution in [0.3, 0.4) is 0 Å². The Hall–Kier alpha value is -5.04. The number of aromatic nitrogens is 5. The number of imidazole rings is 2. The van der Waals surface area contributed by atoms with Crippen molar-refractivity contribution in [1.82, 2.24) is 44.8 Å². The van der Waals surface area contributed by atoms with E-state index in [4.69, 9.17) is 4.74 Å². The number of H-pyrrole nitrogens is 1. The van der Waals surface area contributed by atoms with Gasteiger partial charge in [-0.15, -0.1) is 11.3 Å². The molecule has 0 radical (unpaired) electrons. The third-order valence-corrected chi connectivity index (χ3v) is 11.7. The number of likely N-dealkylation sites (tertiary alicyclic amines) is 2. The lowest BCUT2D eigenvalue weighted by Gasteiger charge is -2.30. The first kappa shape index (κ1) is 37.7. The highest BCUT2D eigenvalue weighted by Crippen LogP contribution is 2.37. The van der Waals surface area contributed by atoms with E-state index in [0.717, 1.165) is 33.3 Å². The van der Waals surface area contributed by atoms with Gasteiger partial charge in [0.1, 0.15) is 29.0 Å². The molecule has 284 valence electrons. The number of amides is 5. The van der Waals surface area contributed by atoms with Crippen LogP contribution in [0.1, 0.15) is 65.2 Å². The molecule has 0 spiro atoms. The zero-order valence-corrected chi connectivity index (χ0v) is 32.0. The van der Waals surface area contributed by atoms with Crippen molar-refractivity contribution < 1.29 is 33.4 Å². The molecule has 5 amide bonds. The minimum Gasteiger partial charge on any atom is -0.453 e. The standard InChI is InChI=1S/C34H44N10O7S2/c1-17(2)25(40-33(48)50-5)30(46)43-11-7-9-20(43)27-35-13-19(37-27)22-14-36-29(52-22)23-15-42-16-24(39-32(42)53-23)38-28(45)21-10-8-12-44(21)31(47)26(18(3)4)41-34(49)51-6/h13-18,20-21,25-26H,7-12H2,1-6H3,(H,35,37)(H,38,45)(H,40,48)(H,41,49)/t20-,21-,25-,26-/m0/s1. The quantitative estimate of drug-likeness (QED) is 0.171. The van der Waals surface area contributed by atoms with E-state index in [9.17, 15) is 24.0 Å². The second-order valence-corrected chi connectivity index (χ2v) is 15.7. The van der Waals surface area contributed by atoms with Crippen molar-refractivity contribution in [3.63, 3.8) is 0 Å². The summed E-state index contributed by atoms with van der Waals surface area (Å²) in [4.78, 5) is 87.0. The number of ether oxygens (including phenoxy) is 2. The van der Waals surface area contributed by atoms with Crippen LogP contribution in [0.2, 0.25) is 0 Å². The number of fused-ring (bicyclic) bond motifs is 1. The third kappa shape index (κ3) is 8.00. The molecule has 6 rings (SSSR count). The maximum atomic E-state index is 13.5. The van der Waals surface area contributed by atoms with Crippen LogP contribution >= 0.6 is 22.7 Å². The fraction of sp³-hybridized carbons (Fsp3) is 0.529. The number of hydrogen-bond donors (Lipinski definition) is 4. The SMILES string of the molecule is COC(=O)N[C@H](C(=O)N1CCC[C@H]1C(=O)Nc1cn2cc(-c3ncc(-c4cnc([C@@H]5CCCN5C(=O)[C@@H](NC(=O)OC)C(C)C)[nH]4)s3)sc2n1)C(C)C. The van der Waals surface area contributed by atoms with Crippen LogP contribution in [0.15, 0.2) is 24.8 Å². The fourth-order valence-electron chi connectivity index (χ4n) is 6.68.